The predicted molar refractivity (Wildman–Crippen MR) is 320 cm³/mol. The Labute approximate surface area is 443 Å². The maximum absolute atomic E-state index is 2.74. The lowest BCUT2D eigenvalue weighted by Gasteiger charge is -2.56. The van der Waals surface area contributed by atoms with Crippen molar-refractivity contribution in [3.8, 4) is 22.3 Å². The van der Waals surface area contributed by atoms with Crippen LogP contribution in [0.25, 0.3) is 22.3 Å². The van der Waals surface area contributed by atoms with E-state index >= 15 is 0 Å². The Balaban J connectivity index is 1.17. The summed E-state index contributed by atoms with van der Waals surface area (Å²) in [6, 6.07) is 66.1. The van der Waals surface area contributed by atoms with Crippen LogP contribution in [0.4, 0.5) is 45.5 Å². The zero-order valence-corrected chi connectivity index (χ0v) is 46.5. The number of benzene rings is 8. The second-order valence-electron chi connectivity index (χ2n) is 26.7. The van der Waals surface area contributed by atoms with Crippen molar-refractivity contribution in [1.29, 1.82) is 0 Å². The normalized spacial score (nSPS) is 18.8. The van der Waals surface area contributed by atoms with Crippen molar-refractivity contribution in [2.45, 2.75) is 142 Å². The Morgan fingerprint density at radius 3 is 1.47 bits per heavy atom. The van der Waals surface area contributed by atoms with Crippen molar-refractivity contribution < 1.29 is 0 Å². The molecule has 0 spiro atoms. The van der Waals surface area contributed by atoms with Crippen molar-refractivity contribution in [1.82, 2.24) is 0 Å². The molecule has 3 nitrogen and oxygen atoms in total. The van der Waals surface area contributed by atoms with Gasteiger partial charge in [-0.2, -0.15) is 0 Å². The van der Waals surface area contributed by atoms with Crippen molar-refractivity contribution in [3.05, 3.63) is 198 Å². The second-order valence-corrected chi connectivity index (χ2v) is 26.7. The molecule has 0 amide bonds. The van der Waals surface area contributed by atoms with E-state index in [9.17, 15) is 0 Å². The quantitative estimate of drug-likeness (QED) is 0.159. The van der Waals surface area contributed by atoms with Crippen molar-refractivity contribution in [2.24, 2.45) is 0 Å². The molecule has 2 atom stereocenters. The fraction of sp³-hybridized carbons (Fsp3) is 0.314. The zero-order valence-electron chi connectivity index (χ0n) is 46.5. The topological polar surface area (TPSA) is 9.72 Å². The summed E-state index contributed by atoms with van der Waals surface area (Å²) in [6.07, 6.45) is 2.34. The highest BCUT2D eigenvalue weighted by molar-refractivity contribution is 7.00. The number of anilines is 8. The molecule has 74 heavy (non-hydrogen) atoms. The molecule has 4 aliphatic rings. The van der Waals surface area contributed by atoms with Gasteiger partial charge in [0.1, 0.15) is 0 Å². The van der Waals surface area contributed by atoms with Gasteiger partial charge < -0.3 is 14.7 Å². The Bertz CT molecular complexity index is 3530. The van der Waals surface area contributed by atoms with Gasteiger partial charge in [0.2, 0.25) is 0 Å². The van der Waals surface area contributed by atoms with Crippen LogP contribution in [0, 0.1) is 0 Å². The smallest absolute Gasteiger partial charge is 0.252 e. The molecule has 8 aromatic rings. The van der Waals surface area contributed by atoms with E-state index in [1.807, 2.05) is 0 Å². The molecule has 3 heterocycles. The monoisotopic (exact) mass is 968 g/mol. The van der Waals surface area contributed by atoms with Gasteiger partial charge in [-0.05, 0) is 163 Å². The molecule has 12 rings (SSSR count). The van der Waals surface area contributed by atoms with Crippen LogP contribution in [-0.2, 0) is 27.1 Å². The first kappa shape index (κ1) is 48.2. The lowest BCUT2D eigenvalue weighted by molar-refractivity contribution is 0.133. The van der Waals surface area contributed by atoms with Crippen LogP contribution < -0.4 is 31.1 Å². The highest BCUT2D eigenvalue weighted by Gasteiger charge is 2.63. The highest BCUT2D eigenvalue weighted by Crippen LogP contribution is 2.65. The van der Waals surface area contributed by atoms with E-state index in [1.165, 1.54) is 118 Å². The molecular weight excluding hydrogens is 894 g/mol. The van der Waals surface area contributed by atoms with E-state index in [-0.39, 0.29) is 39.3 Å². The first-order valence-corrected chi connectivity index (χ1v) is 27.3. The van der Waals surface area contributed by atoms with E-state index in [2.05, 4.69) is 281 Å². The van der Waals surface area contributed by atoms with Gasteiger partial charge in [-0.3, -0.25) is 0 Å². The summed E-state index contributed by atoms with van der Waals surface area (Å²) in [6.45, 7) is 33.1. The van der Waals surface area contributed by atoms with E-state index < -0.39 is 0 Å². The molecule has 0 saturated heterocycles. The maximum atomic E-state index is 2.74. The lowest BCUT2D eigenvalue weighted by atomic mass is 9.33. The van der Waals surface area contributed by atoms with Crippen molar-refractivity contribution in [2.75, 3.05) is 14.7 Å². The van der Waals surface area contributed by atoms with Crippen LogP contribution >= 0.6 is 0 Å². The minimum absolute atomic E-state index is 0.0185. The molecule has 0 N–H and O–H groups in total. The summed E-state index contributed by atoms with van der Waals surface area (Å²) < 4.78 is 0. The molecule has 1 saturated carbocycles. The van der Waals surface area contributed by atoms with Crippen LogP contribution in [0.2, 0.25) is 0 Å². The number of hydrogen-bond acceptors (Lipinski definition) is 3. The highest BCUT2D eigenvalue weighted by atomic mass is 15.3. The average Bonchev–Trinajstić information content (AvgIpc) is 3.50. The molecule has 372 valence electrons. The van der Waals surface area contributed by atoms with Gasteiger partial charge in [0, 0.05) is 50.8 Å². The van der Waals surface area contributed by atoms with E-state index in [0.717, 1.165) is 6.42 Å². The van der Waals surface area contributed by atoms with Gasteiger partial charge >= 0.3 is 0 Å². The Morgan fingerprint density at radius 2 is 0.892 bits per heavy atom. The van der Waals surface area contributed by atoms with Gasteiger partial charge in [0.15, 0.2) is 0 Å². The molecule has 8 aromatic carbocycles. The summed E-state index contributed by atoms with van der Waals surface area (Å²) in [5, 5.41) is 0. The van der Waals surface area contributed by atoms with Gasteiger partial charge in [-0.1, -0.05) is 199 Å². The molecule has 2 unspecified atom stereocenters. The molecule has 4 heteroatoms. The van der Waals surface area contributed by atoms with Crippen LogP contribution in [0.5, 0.6) is 0 Å². The van der Waals surface area contributed by atoms with E-state index in [0.29, 0.717) is 0 Å². The van der Waals surface area contributed by atoms with Crippen LogP contribution in [0.15, 0.2) is 170 Å². The number of fused-ring (bicyclic) bond motifs is 7. The molecule has 3 aliphatic heterocycles. The van der Waals surface area contributed by atoms with Crippen LogP contribution in [-0.4, -0.2) is 12.3 Å². The van der Waals surface area contributed by atoms with Gasteiger partial charge in [-0.15, -0.1) is 0 Å². The Morgan fingerprint density at radius 1 is 0.378 bits per heavy atom. The van der Waals surface area contributed by atoms with Gasteiger partial charge in [0.25, 0.3) is 6.71 Å². The van der Waals surface area contributed by atoms with Crippen LogP contribution in [0.3, 0.4) is 0 Å². The number of hydrogen-bond donors (Lipinski definition) is 0. The average molecular weight is 968 g/mol. The van der Waals surface area contributed by atoms with Gasteiger partial charge in [-0.25, -0.2) is 0 Å². The summed E-state index contributed by atoms with van der Waals surface area (Å²) >= 11 is 0. The minimum atomic E-state index is -0.157. The third-order valence-electron chi connectivity index (χ3n) is 18.0. The third-order valence-corrected chi connectivity index (χ3v) is 18.0. The van der Waals surface area contributed by atoms with Crippen LogP contribution in [0.1, 0.15) is 138 Å². The Hall–Kier alpha value is -6.78. The molecule has 0 radical (unpaired) electrons. The summed E-state index contributed by atoms with van der Waals surface area (Å²) in [7, 11) is 0. The first-order chi connectivity index (χ1) is 35.0. The summed E-state index contributed by atoms with van der Waals surface area (Å²) in [5.74, 6) is 0. The number of rotatable bonds is 5. The van der Waals surface area contributed by atoms with E-state index in [4.69, 9.17) is 0 Å². The first-order valence-electron chi connectivity index (χ1n) is 27.3. The zero-order chi connectivity index (χ0) is 52.1. The van der Waals surface area contributed by atoms with Gasteiger partial charge in [0.05, 0.1) is 11.2 Å². The fourth-order valence-electron chi connectivity index (χ4n) is 13.0. The minimum Gasteiger partial charge on any atom is -0.334 e. The lowest BCUT2D eigenvalue weighted by Crippen LogP contribution is -2.62. The van der Waals surface area contributed by atoms with E-state index in [1.54, 1.807) is 0 Å². The molecule has 1 aliphatic carbocycles. The second kappa shape index (κ2) is 16.4. The summed E-state index contributed by atoms with van der Waals surface area (Å²) in [4.78, 5) is 8.02. The fourth-order valence-corrected chi connectivity index (χ4v) is 13.0. The summed E-state index contributed by atoms with van der Waals surface area (Å²) in [5.41, 5.74) is 25.5. The number of nitrogens with zero attached hydrogens (tertiary/aromatic N) is 3. The predicted octanol–water partition coefficient (Wildman–Crippen LogP) is 17.3. The largest absolute Gasteiger partial charge is 0.334 e. The standard InChI is InChI=1S/C70H74BN3/c1-65(2,3)48-26-30-52(31-27-48)72-61-44-53(74-59-36-29-50(67(7,8)9)41-55(59)69(13)37-38-70(69,74)14)32-34-57(61)71-56-33-25-47(45-21-17-15-18-22-45)39-60(56)73(63-43-51(68(10,11)12)42-62(72)64(63)71)58-35-28-49(66(4,5)6)40-54(58)46-23-19-16-20-24-46/h15-36,39-44H,37-38H2,1-14H3. The SMILES string of the molecule is CC(C)(C)c1ccc(N2c3cc(N4c5ccc(C(C)(C)C)cc5C5(C)CCC45C)ccc3B3c4ccc(-c5ccccc5)cc4N(c4ccc(C(C)(C)C)cc4-c4ccccc4)c4cc(C(C)(C)C)cc2c43)cc1. The maximum Gasteiger partial charge on any atom is 0.252 e. The van der Waals surface area contributed by atoms with Crippen molar-refractivity contribution in [3.63, 3.8) is 0 Å². The molecule has 0 aromatic heterocycles. The molecule has 0 bridgehead atoms. The molecule has 1 fully saturated rings. The molecular formula is C70H74BN3. The third kappa shape index (κ3) is 7.36. The van der Waals surface area contributed by atoms with Crippen molar-refractivity contribution >= 4 is 68.6 Å². The Kier molecular flexibility index (Phi) is 10.7.